The van der Waals surface area contributed by atoms with Gasteiger partial charge in [-0.25, -0.2) is 4.79 Å². The van der Waals surface area contributed by atoms with Crippen molar-refractivity contribution in [1.82, 2.24) is 0 Å². The van der Waals surface area contributed by atoms with Crippen LogP contribution in [0.15, 0.2) is 34.4 Å². The fraction of sp³-hybridized carbons (Fsp3) is 0.636. The lowest BCUT2D eigenvalue weighted by Gasteiger charge is -2.25. The molecule has 0 radical (unpaired) electrons. The second kappa shape index (κ2) is 9.20. The maximum Gasteiger partial charge on any atom is 0.334 e. The predicted octanol–water partition coefficient (Wildman–Crippen LogP) is 4.90. The number of rotatable bonds is 6. The maximum absolute atomic E-state index is 12.7. The van der Waals surface area contributed by atoms with Gasteiger partial charge in [0.15, 0.2) is 0 Å². The summed E-state index contributed by atoms with van der Waals surface area (Å²) in [6.45, 7) is 10.1. The van der Waals surface area contributed by atoms with E-state index in [4.69, 9.17) is 9.47 Å². The number of carbonyl (C=O) groups is 2. The average Bonchev–Trinajstić information content (AvgIpc) is 2.88. The highest BCUT2D eigenvalue weighted by Crippen LogP contribution is 2.42. The lowest BCUT2D eigenvalue weighted by Crippen LogP contribution is -2.25. The summed E-state index contributed by atoms with van der Waals surface area (Å²) in [6, 6.07) is 0. The highest BCUT2D eigenvalue weighted by molar-refractivity contribution is 5.92. The molecule has 0 spiro atoms. The molecule has 0 aromatic carbocycles. The largest absolute Gasteiger partial charge is 0.461 e. The highest BCUT2D eigenvalue weighted by atomic mass is 16.6. The van der Waals surface area contributed by atoms with Crippen molar-refractivity contribution in [3.05, 3.63) is 34.4 Å². The summed E-state index contributed by atoms with van der Waals surface area (Å²) >= 11 is 0. The Hall–Kier alpha value is -1.84. The van der Waals surface area contributed by atoms with Gasteiger partial charge in [0, 0.05) is 24.8 Å². The lowest BCUT2D eigenvalue weighted by molar-refractivity contribution is -0.141. The van der Waals surface area contributed by atoms with E-state index in [1.807, 2.05) is 0 Å². The van der Waals surface area contributed by atoms with Crippen molar-refractivity contribution in [2.75, 3.05) is 6.61 Å². The van der Waals surface area contributed by atoms with Crippen LogP contribution in [-0.2, 0) is 19.1 Å². The number of fused-ring (bicyclic) bond motifs is 2. The predicted molar refractivity (Wildman–Crippen MR) is 102 cm³/mol. The van der Waals surface area contributed by atoms with E-state index in [9.17, 15) is 9.59 Å². The Morgan fingerprint density at radius 3 is 2.77 bits per heavy atom. The van der Waals surface area contributed by atoms with E-state index < -0.39 is 0 Å². The molecule has 2 rings (SSSR count). The third kappa shape index (κ3) is 5.33. The molecule has 0 N–H and O–H groups in total. The summed E-state index contributed by atoms with van der Waals surface area (Å²) in [5.41, 5.74) is 4.27. The minimum Gasteiger partial charge on any atom is -0.461 e. The van der Waals surface area contributed by atoms with Crippen LogP contribution in [0.3, 0.4) is 0 Å². The second-order valence-corrected chi connectivity index (χ2v) is 7.90. The quantitative estimate of drug-likeness (QED) is 0.499. The molecular formula is C22H32O4. The Balaban J connectivity index is 2.33. The van der Waals surface area contributed by atoms with Gasteiger partial charge in [0.1, 0.15) is 12.7 Å². The molecule has 26 heavy (non-hydrogen) atoms. The molecule has 1 aliphatic carbocycles. The minimum absolute atomic E-state index is 0.0695. The van der Waals surface area contributed by atoms with Crippen LogP contribution >= 0.6 is 0 Å². The van der Waals surface area contributed by atoms with Gasteiger partial charge in [0.25, 0.3) is 0 Å². The molecule has 0 unspecified atom stereocenters. The SMILES string of the molecule is CC(=O)OC/C1=C2\C(=O)O[C@H](C/C(C)=C/CC1)[C@H]2[C@@H](C)CCC=C(C)C. The van der Waals surface area contributed by atoms with E-state index >= 15 is 0 Å². The van der Waals surface area contributed by atoms with Crippen molar-refractivity contribution in [2.45, 2.75) is 72.8 Å². The zero-order valence-corrected chi connectivity index (χ0v) is 16.8. The normalized spacial score (nSPS) is 28.8. The van der Waals surface area contributed by atoms with E-state index in [-0.39, 0.29) is 30.6 Å². The Morgan fingerprint density at radius 2 is 2.12 bits per heavy atom. The lowest BCUT2D eigenvalue weighted by atomic mass is 9.78. The van der Waals surface area contributed by atoms with Gasteiger partial charge in [-0.1, -0.05) is 30.2 Å². The first kappa shape index (κ1) is 20.5. The summed E-state index contributed by atoms with van der Waals surface area (Å²) in [6.07, 6.45) is 8.75. The molecule has 1 aliphatic heterocycles. The van der Waals surface area contributed by atoms with E-state index in [0.717, 1.165) is 43.3 Å². The van der Waals surface area contributed by atoms with Gasteiger partial charge in [-0.05, 0) is 57.9 Å². The second-order valence-electron chi connectivity index (χ2n) is 7.90. The highest BCUT2D eigenvalue weighted by Gasteiger charge is 2.44. The summed E-state index contributed by atoms with van der Waals surface area (Å²) < 4.78 is 11.0. The number of carbonyl (C=O) groups excluding carboxylic acids is 2. The standard InChI is InChI=1S/C22H32O4/c1-14(2)8-6-10-16(4)20-19-12-15(3)9-7-11-18(13-25-17(5)23)21(20)22(24)26-19/h8-9,16,19-20H,6-7,10-13H2,1-5H3/b15-9+,21-18-/t16-,19+,20+/m0/s1. The molecule has 1 fully saturated rings. The summed E-state index contributed by atoms with van der Waals surface area (Å²) in [7, 11) is 0. The Kier molecular flexibility index (Phi) is 7.24. The first-order chi connectivity index (χ1) is 12.3. The zero-order valence-electron chi connectivity index (χ0n) is 16.8. The van der Waals surface area contributed by atoms with Crippen molar-refractivity contribution in [3.63, 3.8) is 0 Å². The molecule has 144 valence electrons. The molecule has 4 nitrogen and oxygen atoms in total. The number of esters is 2. The molecule has 3 atom stereocenters. The van der Waals surface area contributed by atoms with Crippen LogP contribution in [-0.4, -0.2) is 24.6 Å². The van der Waals surface area contributed by atoms with E-state index in [1.165, 1.54) is 18.1 Å². The van der Waals surface area contributed by atoms with E-state index in [0.29, 0.717) is 5.92 Å². The van der Waals surface area contributed by atoms with Crippen LogP contribution in [0, 0.1) is 11.8 Å². The van der Waals surface area contributed by atoms with Gasteiger partial charge in [0.2, 0.25) is 0 Å². The summed E-state index contributed by atoms with van der Waals surface area (Å²) in [5.74, 6) is -0.137. The minimum atomic E-state index is -0.319. The Morgan fingerprint density at radius 1 is 1.38 bits per heavy atom. The van der Waals surface area contributed by atoms with Crippen LogP contribution in [0.1, 0.15) is 66.7 Å². The summed E-state index contributed by atoms with van der Waals surface area (Å²) in [4.78, 5) is 24.0. The fourth-order valence-corrected chi connectivity index (χ4v) is 3.98. The van der Waals surface area contributed by atoms with Gasteiger partial charge in [-0.3, -0.25) is 4.79 Å². The molecule has 0 saturated carbocycles. The number of ether oxygens (including phenoxy) is 2. The van der Waals surface area contributed by atoms with Gasteiger partial charge in [0.05, 0.1) is 0 Å². The molecule has 0 aromatic rings. The van der Waals surface area contributed by atoms with Crippen molar-refractivity contribution in [1.29, 1.82) is 0 Å². The van der Waals surface area contributed by atoms with Gasteiger partial charge in [-0.2, -0.15) is 0 Å². The van der Waals surface area contributed by atoms with Crippen molar-refractivity contribution < 1.29 is 19.1 Å². The van der Waals surface area contributed by atoms with Gasteiger partial charge >= 0.3 is 11.9 Å². The topological polar surface area (TPSA) is 52.6 Å². The Bertz CT molecular complexity index is 635. The first-order valence-electron chi connectivity index (χ1n) is 9.64. The van der Waals surface area contributed by atoms with Crippen LogP contribution in [0.2, 0.25) is 0 Å². The molecule has 4 heteroatoms. The molecule has 1 saturated heterocycles. The smallest absolute Gasteiger partial charge is 0.334 e. The van der Waals surface area contributed by atoms with Gasteiger partial charge in [-0.15, -0.1) is 0 Å². The number of hydrogen-bond donors (Lipinski definition) is 0. The van der Waals surface area contributed by atoms with Crippen LogP contribution in [0.25, 0.3) is 0 Å². The molecule has 2 bridgehead atoms. The van der Waals surface area contributed by atoms with E-state index in [1.54, 1.807) is 0 Å². The Labute approximate surface area is 157 Å². The van der Waals surface area contributed by atoms with E-state index in [2.05, 4.69) is 39.8 Å². The van der Waals surface area contributed by atoms with Crippen molar-refractivity contribution in [2.24, 2.45) is 11.8 Å². The molecule has 0 amide bonds. The number of hydrogen-bond acceptors (Lipinski definition) is 4. The fourth-order valence-electron chi connectivity index (χ4n) is 3.98. The molecule has 2 aliphatic rings. The van der Waals surface area contributed by atoms with Crippen LogP contribution < -0.4 is 0 Å². The third-order valence-corrected chi connectivity index (χ3v) is 5.29. The summed E-state index contributed by atoms with van der Waals surface area (Å²) in [5, 5.41) is 0. The van der Waals surface area contributed by atoms with Crippen molar-refractivity contribution >= 4 is 11.9 Å². The zero-order chi connectivity index (χ0) is 19.3. The number of allylic oxidation sites excluding steroid dienone is 3. The maximum atomic E-state index is 12.7. The molecule has 1 heterocycles. The van der Waals surface area contributed by atoms with Crippen LogP contribution in [0.4, 0.5) is 0 Å². The van der Waals surface area contributed by atoms with Gasteiger partial charge < -0.3 is 9.47 Å². The molecular weight excluding hydrogens is 328 g/mol. The molecule has 0 aromatic heterocycles. The third-order valence-electron chi connectivity index (χ3n) is 5.29. The average molecular weight is 360 g/mol. The van der Waals surface area contributed by atoms with Crippen LogP contribution in [0.5, 0.6) is 0 Å². The monoisotopic (exact) mass is 360 g/mol. The first-order valence-corrected chi connectivity index (χ1v) is 9.64. The van der Waals surface area contributed by atoms with Crippen molar-refractivity contribution in [3.8, 4) is 0 Å².